The van der Waals surface area contributed by atoms with Crippen molar-refractivity contribution >= 4 is 23.9 Å². The van der Waals surface area contributed by atoms with Crippen LogP contribution < -0.4 is 4.90 Å². The van der Waals surface area contributed by atoms with E-state index in [0.717, 1.165) is 0 Å². The van der Waals surface area contributed by atoms with Gasteiger partial charge in [0.2, 0.25) is 0 Å². The van der Waals surface area contributed by atoms with Gasteiger partial charge in [-0.05, 0) is 39.3 Å². The van der Waals surface area contributed by atoms with Crippen LogP contribution in [0.25, 0.3) is 0 Å². The van der Waals surface area contributed by atoms with Crippen molar-refractivity contribution in [2.24, 2.45) is 0 Å². The van der Waals surface area contributed by atoms with E-state index in [9.17, 15) is 0 Å². The van der Waals surface area contributed by atoms with Gasteiger partial charge in [-0.3, -0.25) is 4.79 Å². The predicted molar refractivity (Wildman–Crippen MR) is 81.9 cm³/mol. The SMILES string of the molecule is CCCC(C)(C)N1c2ccccc2SC1C.O=CO. The summed E-state index contributed by atoms with van der Waals surface area (Å²) >= 11 is 1.98. The molecule has 1 unspecified atom stereocenters. The van der Waals surface area contributed by atoms with Crippen molar-refractivity contribution in [1.82, 2.24) is 0 Å². The lowest BCUT2D eigenvalue weighted by molar-refractivity contribution is -0.122. The standard InChI is InChI=1S/C14H21NS.CH2O2/c1-5-10-14(3,4)15-11(2)16-13-9-7-6-8-12(13)15;2-1-3/h6-9,11H,5,10H2,1-4H3;1H,(H,2,3). The Hall–Kier alpha value is -1.16. The number of nitrogens with zero attached hydrogens (tertiary/aromatic N) is 1. The topological polar surface area (TPSA) is 40.5 Å². The fraction of sp³-hybridized carbons (Fsp3) is 0.533. The van der Waals surface area contributed by atoms with Gasteiger partial charge < -0.3 is 10.0 Å². The summed E-state index contributed by atoms with van der Waals surface area (Å²) in [7, 11) is 0. The molecule has 4 heteroatoms. The number of thioether (sulfide) groups is 1. The van der Waals surface area contributed by atoms with Gasteiger partial charge >= 0.3 is 0 Å². The Morgan fingerprint density at radius 1 is 1.42 bits per heavy atom. The van der Waals surface area contributed by atoms with Gasteiger partial charge in [0.25, 0.3) is 6.47 Å². The van der Waals surface area contributed by atoms with Crippen LogP contribution in [0, 0.1) is 0 Å². The van der Waals surface area contributed by atoms with Gasteiger partial charge in [0, 0.05) is 10.4 Å². The van der Waals surface area contributed by atoms with Crippen molar-refractivity contribution in [2.75, 3.05) is 4.90 Å². The second kappa shape index (κ2) is 6.85. The van der Waals surface area contributed by atoms with Gasteiger partial charge in [0.05, 0.1) is 11.1 Å². The molecule has 0 saturated carbocycles. The molecule has 1 aliphatic heterocycles. The Labute approximate surface area is 120 Å². The van der Waals surface area contributed by atoms with Crippen LogP contribution in [-0.2, 0) is 4.79 Å². The number of anilines is 1. The van der Waals surface area contributed by atoms with Crippen LogP contribution in [0.15, 0.2) is 29.2 Å². The quantitative estimate of drug-likeness (QED) is 0.842. The summed E-state index contributed by atoms with van der Waals surface area (Å²) in [4.78, 5) is 12.4. The molecule has 0 fully saturated rings. The molecule has 3 nitrogen and oxygen atoms in total. The maximum absolute atomic E-state index is 8.36. The summed E-state index contributed by atoms with van der Waals surface area (Å²) in [6.45, 7) is 9.04. The van der Waals surface area contributed by atoms with E-state index in [1.54, 1.807) is 0 Å². The van der Waals surface area contributed by atoms with Crippen LogP contribution in [0.1, 0.15) is 40.5 Å². The molecule has 2 rings (SSSR count). The summed E-state index contributed by atoms with van der Waals surface area (Å²) in [5.74, 6) is 0. The molecule has 19 heavy (non-hydrogen) atoms. The summed E-state index contributed by atoms with van der Waals surface area (Å²) < 4.78 is 0. The van der Waals surface area contributed by atoms with Crippen LogP contribution in [0.5, 0.6) is 0 Å². The summed E-state index contributed by atoms with van der Waals surface area (Å²) in [5, 5.41) is 7.44. The van der Waals surface area contributed by atoms with Crippen LogP contribution in [0.4, 0.5) is 5.69 Å². The molecule has 1 atom stereocenters. The molecular formula is C15H23NO2S. The van der Waals surface area contributed by atoms with E-state index in [1.165, 1.54) is 23.4 Å². The predicted octanol–water partition coefficient (Wildman–Crippen LogP) is 4.22. The molecule has 1 aromatic rings. The third kappa shape index (κ3) is 3.66. The van der Waals surface area contributed by atoms with Crippen molar-refractivity contribution in [2.45, 2.75) is 56.3 Å². The Bertz CT molecular complexity index is 420. The van der Waals surface area contributed by atoms with Crippen LogP contribution in [-0.4, -0.2) is 22.5 Å². The minimum Gasteiger partial charge on any atom is -0.483 e. The first kappa shape index (κ1) is 15.9. The van der Waals surface area contributed by atoms with E-state index >= 15 is 0 Å². The van der Waals surface area contributed by atoms with Gasteiger partial charge in [-0.1, -0.05) is 37.2 Å². The molecule has 0 spiro atoms. The molecule has 1 heterocycles. The van der Waals surface area contributed by atoms with Gasteiger partial charge in [0.15, 0.2) is 0 Å². The molecule has 0 bridgehead atoms. The Morgan fingerprint density at radius 2 is 2.00 bits per heavy atom. The maximum Gasteiger partial charge on any atom is 0.290 e. The number of rotatable bonds is 3. The highest BCUT2D eigenvalue weighted by Gasteiger charge is 2.36. The molecule has 0 aromatic heterocycles. The first-order valence-corrected chi connectivity index (χ1v) is 7.48. The molecule has 0 saturated heterocycles. The van der Waals surface area contributed by atoms with Gasteiger partial charge in [-0.15, -0.1) is 0 Å². The number of hydrogen-bond acceptors (Lipinski definition) is 3. The largest absolute Gasteiger partial charge is 0.483 e. The zero-order valence-corrected chi connectivity index (χ0v) is 12.9. The average molecular weight is 281 g/mol. The molecule has 1 aromatic carbocycles. The van der Waals surface area contributed by atoms with Gasteiger partial charge in [-0.2, -0.15) is 0 Å². The molecule has 1 N–H and O–H groups in total. The molecule has 0 radical (unpaired) electrons. The van der Waals surface area contributed by atoms with Crippen molar-refractivity contribution in [3.63, 3.8) is 0 Å². The lowest BCUT2D eigenvalue weighted by Crippen LogP contribution is -2.46. The minimum atomic E-state index is -0.250. The van der Waals surface area contributed by atoms with Crippen molar-refractivity contribution in [3.8, 4) is 0 Å². The highest BCUT2D eigenvalue weighted by atomic mass is 32.2. The second-order valence-electron chi connectivity index (χ2n) is 5.22. The molecular weight excluding hydrogens is 258 g/mol. The first-order valence-electron chi connectivity index (χ1n) is 6.60. The zero-order valence-electron chi connectivity index (χ0n) is 12.1. The summed E-state index contributed by atoms with van der Waals surface area (Å²) in [6, 6.07) is 8.77. The fourth-order valence-electron chi connectivity index (χ4n) is 2.74. The maximum atomic E-state index is 8.36. The Kier molecular flexibility index (Phi) is 5.73. The average Bonchev–Trinajstić information content (AvgIpc) is 2.66. The van der Waals surface area contributed by atoms with Gasteiger partial charge in [0.1, 0.15) is 0 Å². The Balaban J connectivity index is 0.000000550. The summed E-state index contributed by atoms with van der Waals surface area (Å²) in [6.07, 6.45) is 2.48. The van der Waals surface area contributed by atoms with E-state index in [-0.39, 0.29) is 12.0 Å². The lowest BCUT2D eigenvalue weighted by Gasteiger charge is -2.40. The van der Waals surface area contributed by atoms with Crippen LogP contribution in [0.2, 0.25) is 0 Å². The lowest BCUT2D eigenvalue weighted by atomic mass is 9.95. The van der Waals surface area contributed by atoms with E-state index in [4.69, 9.17) is 9.90 Å². The monoisotopic (exact) mass is 281 g/mol. The van der Waals surface area contributed by atoms with E-state index in [1.807, 2.05) is 11.8 Å². The zero-order chi connectivity index (χ0) is 14.5. The number of fused-ring (bicyclic) bond motifs is 1. The highest BCUT2D eigenvalue weighted by Crippen LogP contribution is 2.47. The van der Waals surface area contributed by atoms with E-state index in [0.29, 0.717) is 5.37 Å². The molecule has 0 amide bonds. The van der Waals surface area contributed by atoms with Crippen molar-refractivity contribution in [3.05, 3.63) is 24.3 Å². The highest BCUT2D eigenvalue weighted by molar-refractivity contribution is 8.00. The fourth-order valence-corrected chi connectivity index (χ4v) is 4.05. The van der Waals surface area contributed by atoms with Gasteiger partial charge in [-0.25, -0.2) is 0 Å². The van der Waals surface area contributed by atoms with E-state index < -0.39 is 0 Å². The number of carbonyl (C=O) groups is 1. The molecule has 1 aliphatic rings. The van der Waals surface area contributed by atoms with Crippen molar-refractivity contribution < 1.29 is 9.90 Å². The second-order valence-corrected chi connectivity index (χ2v) is 6.58. The molecule has 106 valence electrons. The third-order valence-electron chi connectivity index (χ3n) is 3.30. The molecule has 0 aliphatic carbocycles. The number of hydrogen-bond donors (Lipinski definition) is 1. The number of para-hydroxylation sites is 1. The summed E-state index contributed by atoms with van der Waals surface area (Å²) in [5.41, 5.74) is 1.67. The normalized spacial score (nSPS) is 17.5. The van der Waals surface area contributed by atoms with E-state index in [2.05, 4.69) is 56.9 Å². The van der Waals surface area contributed by atoms with Crippen LogP contribution in [0.3, 0.4) is 0 Å². The number of carboxylic acid groups (broad SMARTS) is 1. The van der Waals surface area contributed by atoms with Crippen molar-refractivity contribution in [1.29, 1.82) is 0 Å². The number of benzene rings is 1. The Morgan fingerprint density at radius 3 is 2.58 bits per heavy atom. The van der Waals surface area contributed by atoms with Crippen LogP contribution >= 0.6 is 11.8 Å². The third-order valence-corrected chi connectivity index (χ3v) is 4.45. The smallest absolute Gasteiger partial charge is 0.290 e. The minimum absolute atomic E-state index is 0.250. The first-order chi connectivity index (χ1) is 8.97.